The molecule has 2 aliphatic rings. The van der Waals surface area contributed by atoms with Crippen LogP contribution in [0.4, 0.5) is 0 Å². The first-order valence-corrected chi connectivity index (χ1v) is 6.43. The maximum absolute atomic E-state index is 9.82. The summed E-state index contributed by atoms with van der Waals surface area (Å²) in [7, 11) is 2.79. The van der Waals surface area contributed by atoms with Crippen molar-refractivity contribution in [2.45, 2.75) is 11.8 Å². The molecule has 1 heterocycles. The summed E-state index contributed by atoms with van der Waals surface area (Å²) in [4.78, 5) is 4.15. The molecule has 0 amide bonds. The van der Waals surface area contributed by atoms with E-state index in [2.05, 4.69) is 17.1 Å². The third-order valence-electron chi connectivity index (χ3n) is 4.61. The summed E-state index contributed by atoms with van der Waals surface area (Å²) >= 11 is 0. The lowest BCUT2D eigenvalue weighted by molar-refractivity contribution is -0.230. The van der Waals surface area contributed by atoms with Crippen LogP contribution in [0.3, 0.4) is 0 Å². The highest BCUT2D eigenvalue weighted by Gasteiger charge is 2.93. The molecule has 6 heteroatoms. The first-order valence-electron chi connectivity index (χ1n) is 6.43. The Kier molecular flexibility index (Phi) is 2.61. The number of amidine groups is 1. The molecule has 3 rings (SSSR count). The van der Waals surface area contributed by atoms with E-state index in [0.29, 0.717) is 0 Å². The van der Waals surface area contributed by atoms with Crippen LogP contribution in [-0.4, -0.2) is 26.0 Å². The van der Waals surface area contributed by atoms with Gasteiger partial charge in [0, 0.05) is 20.1 Å². The van der Waals surface area contributed by atoms with Gasteiger partial charge in [-0.05, 0) is 5.56 Å². The highest BCUT2D eigenvalue weighted by molar-refractivity contribution is 6.00. The lowest BCUT2D eigenvalue weighted by Crippen LogP contribution is -2.41. The molecule has 1 aliphatic heterocycles. The standard InChI is InChI=1S/C15H14N4O2/c1-20-15(21-2)14(9-17)11(10-6-4-3-5-7-10)13(14,8-16)12(18)19-15/h3-7,11H,1-2H3,(H2,18,19)/t11-,13+,14+/m1/s1. The third kappa shape index (κ3) is 1.16. The van der Waals surface area contributed by atoms with Crippen molar-refractivity contribution in [1.82, 2.24) is 0 Å². The highest BCUT2D eigenvalue weighted by Crippen LogP contribution is 2.81. The summed E-state index contributed by atoms with van der Waals surface area (Å²) in [6.07, 6.45) is 0. The fraction of sp³-hybridized carbons (Fsp3) is 0.400. The Bertz CT molecular complexity index is 699. The molecule has 1 aromatic carbocycles. The van der Waals surface area contributed by atoms with Gasteiger partial charge in [-0.2, -0.15) is 10.5 Å². The van der Waals surface area contributed by atoms with Gasteiger partial charge in [0.05, 0.1) is 12.1 Å². The second-order valence-electron chi connectivity index (χ2n) is 5.17. The molecule has 0 saturated heterocycles. The van der Waals surface area contributed by atoms with E-state index in [0.717, 1.165) is 5.56 Å². The zero-order valence-electron chi connectivity index (χ0n) is 11.7. The van der Waals surface area contributed by atoms with Crippen molar-refractivity contribution in [1.29, 1.82) is 10.5 Å². The van der Waals surface area contributed by atoms with E-state index < -0.39 is 22.7 Å². The monoisotopic (exact) mass is 282 g/mol. The van der Waals surface area contributed by atoms with E-state index >= 15 is 0 Å². The summed E-state index contributed by atoms with van der Waals surface area (Å²) < 4.78 is 10.8. The molecule has 1 saturated carbocycles. The molecule has 6 nitrogen and oxygen atoms in total. The average molecular weight is 282 g/mol. The number of rotatable bonds is 3. The predicted molar refractivity (Wildman–Crippen MR) is 73.6 cm³/mol. The van der Waals surface area contributed by atoms with E-state index in [1.165, 1.54) is 14.2 Å². The molecule has 2 N–H and O–H groups in total. The summed E-state index contributed by atoms with van der Waals surface area (Å²) in [5, 5.41) is 19.5. The van der Waals surface area contributed by atoms with Crippen molar-refractivity contribution in [3.8, 4) is 12.1 Å². The van der Waals surface area contributed by atoms with Gasteiger partial charge < -0.3 is 15.2 Å². The van der Waals surface area contributed by atoms with Gasteiger partial charge in [0.15, 0.2) is 5.41 Å². The predicted octanol–water partition coefficient (Wildman–Crippen LogP) is 1.12. The third-order valence-corrected chi connectivity index (χ3v) is 4.61. The molecule has 0 spiro atoms. The molecule has 0 unspecified atom stereocenters. The Morgan fingerprint density at radius 2 is 1.76 bits per heavy atom. The molecule has 3 atom stereocenters. The van der Waals surface area contributed by atoms with Gasteiger partial charge in [-0.15, -0.1) is 0 Å². The highest BCUT2D eigenvalue weighted by atomic mass is 16.7. The number of ether oxygens (including phenoxy) is 2. The minimum atomic E-state index is -1.55. The quantitative estimate of drug-likeness (QED) is 0.836. The average Bonchev–Trinajstić information content (AvgIpc) is 3.11. The van der Waals surface area contributed by atoms with E-state index in [1.54, 1.807) is 0 Å². The first kappa shape index (κ1) is 13.6. The molecule has 1 fully saturated rings. The number of hydrogen-bond donors (Lipinski definition) is 1. The molecule has 0 bridgehead atoms. The van der Waals surface area contributed by atoms with Crippen molar-refractivity contribution in [3.05, 3.63) is 35.9 Å². The number of hydrogen-bond acceptors (Lipinski definition) is 6. The van der Waals surface area contributed by atoms with Crippen LogP contribution in [-0.2, 0) is 9.47 Å². The fourth-order valence-corrected chi connectivity index (χ4v) is 3.67. The Labute approximate surface area is 122 Å². The van der Waals surface area contributed by atoms with Gasteiger partial charge in [-0.25, -0.2) is 4.99 Å². The molecule has 106 valence electrons. The maximum Gasteiger partial charge on any atom is 0.292 e. The summed E-state index contributed by atoms with van der Waals surface area (Å²) in [6.45, 7) is 0. The van der Waals surface area contributed by atoms with Gasteiger partial charge in [-0.1, -0.05) is 30.3 Å². The molecule has 21 heavy (non-hydrogen) atoms. The Balaban J connectivity index is 2.26. The van der Waals surface area contributed by atoms with Crippen molar-refractivity contribution in [2.75, 3.05) is 14.2 Å². The van der Waals surface area contributed by atoms with E-state index in [-0.39, 0.29) is 5.84 Å². The minimum Gasteiger partial charge on any atom is -0.386 e. The Morgan fingerprint density at radius 3 is 2.24 bits per heavy atom. The number of nitrogens with zero attached hydrogens (tertiary/aromatic N) is 3. The minimum absolute atomic E-state index is 0.0871. The number of methoxy groups -OCH3 is 2. The Hall–Kier alpha value is -2.41. The number of aliphatic imine (C=N–C) groups is 1. The van der Waals surface area contributed by atoms with Crippen LogP contribution in [0, 0.1) is 33.5 Å². The van der Waals surface area contributed by atoms with Gasteiger partial charge >= 0.3 is 0 Å². The van der Waals surface area contributed by atoms with E-state index in [4.69, 9.17) is 15.2 Å². The maximum atomic E-state index is 9.82. The van der Waals surface area contributed by atoms with Crippen LogP contribution >= 0.6 is 0 Å². The topological polar surface area (TPSA) is 104 Å². The van der Waals surface area contributed by atoms with Gasteiger partial charge in [0.1, 0.15) is 11.3 Å². The zero-order chi connectivity index (χ0) is 15.3. The summed E-state index contributed by atoms with van der Waals surface area (Å²) in [5.74, 6) is -1.90. The second-order valence-corrected chi connectivity index (χ2v) is 5.17. The van der Waals surface area contributed by atoms with Crippen molar-refractivity contribution in [3.63, 3.8) is 0 Å². The second kappa shape index (κ2) is 4.05. The largest absolute Gasteiger partial charge is 0.386 e. The number of benzene rings is 1. The number of nitriles is 2. The summed E-state index contributed by atoms with van der Waals surface area (Å²) in [5.41, 5.74) is 4.35. The van der Waals surface area contributed by atoms with Crippen molar-refractivity contribution < 1.29 is 9.47 Å². The van der Waals surface area contributed by atoms with Crippen molar-refractivity contribution >= 4 is 5.84 Å². The Morgan fingerprint density at radius 1 is 1.14 bits per heavy atom. The molecule has 1 aromatic rings. The van der Waals surface area contributed by atoms with Crippen LogP contribution in [0.1, 0.15) is 11.5 Å². The first-order chi connectivity index (χ1) is 10.1. The molecule has 1 aliphatic carbocycles. The van der Waals surface area contributed by atoms with Gasteiger partial charge in [0.2, 0.25) is 0 Å². The number of nitrogens with two attached hydrogens (primary N) is 1. The van der Waals surface area contributed by atoms with Crippen LogP contribution in [0.15, 0.2) is 35.3 Å². The van der Waals surface area contributed by atoms with Crippen LogP contribution in [0.5, 0.6) is 0 Å². The van der Waals surface area contributed by atoms with Crippen LogP contribution < -0.4 is 5.73 Å². The van der Waals surface area contributed by atoms with Crippen LogP contribution in [0.25, 0.3) is 0 Å². The normalized spacial score (nSPS) is 35.2. The lowest BCUT2D eigenvalue weighted by atomic mass is 9.93. The molecule has 0 aromatic heterocycles. The smallest absolute Gasteiger partial charge is 0.292 e. The number of fused-ring (bicyclic) bond motifs is 1. The molecular formula is C15H14N4O2. The lowest BCUT2D eigenvalue weighted by Gasteiger charge is -2.29. The molecular weight excluding hydrogens is 268 g/mol. The molecule has 0 radical (unpaired) electrons. The van der Waals surface area contributed by atoms with E-state index in [1.807, 2.05) is 30.3 Å². The van der Waals surface area contributed by atoms with Crippen LogP contribution in [0.2, 0.25) is 0 Å². The SMILES string of the molecule is COC1(OC)N=C(N)[C@]2(C#N)[C@@H](c3ccccc3)[C@]12C#N. The van der Waals surface area contributed by atoms with Gasteiger partial charge in [-0.3, -0.25) is 0 Å². The summed E-state index contributed by atoms with van der Waals surface area (Å²) in [6, 6.07) is 13.7. The van der Waals surface area contributed by atoms with Crippen molar-refractivity contribution in [2.24, 2.45) is 21.6 Å². The zero-order valence-corrected chi connectivity index (χ0v) is 11.7. The fourth-order valence-electron chi connectivity index (χ4n) is 3.67. The van der Waals surface area contributed by atoms with E-state index in [9.17, 15) is 10.5 Å². The van der Waals surface area contributed by atoms with Gasteiger partial charge in [0.25, 0.3) is 5.91 Å².